The zero-order valence-electron chi connectivity index (χ0n) is 11.8. The molecule has 0 aliphatic carbocycles. The Morgan fingerprint density at radius 1 is 0.842 bits per heavy atom. The number of rotatable bonds is 5. The second-order valence-corrected chi connectivity index (χ2v) is 4.95. The van der Waals surface area contributed by atoms with Crippen LogP contribution in [0.25, 0.3) is 11.1 Å². The van der Waals surface area contributed by atoms with Gasteiger partial charge >= 0.3 is 0 Å². The van der Waals surface area contributed by atoms with Gasteiger partial charge in [0.15, 0.2) is 5.75 Å². The summed E-state index contributed by atoms with van der Waals surface area (Å²) < 4.78 is 0. The normalized spacial score (nSPS) is 10.6. The molecule has 1 radical (unpaired) electrons. The first kappa shape index (κ1) is 13.7. The molecule has 0 aliphatic heterocycles. The molecule has 0 bridgehead atoms. The predicted molar refractivity (Wildman–Crippen MR) is 80.0 cm³/mol. The zero-order chi connectivity index (χ0) is 13.7. The van der Waals surface area contributed by atoms with Gasteiger partial charge in [-0.1, -0.05) is 69.2 Å². The Bertz CT molecular complexity index is 529. The third-order valence-electron chi connectivity index (χ3n) is 3.46. The summed E-state index contributed by atoms with van der Waals surface area (Å²) in [5, 5.41) is 12.7. The molecule has 0 fully saturated rings. The maximum Gasteiger partial charge on any atom is 0.189 e. The maximum absolute atomic E-state index is 12.7. The molecule has 0 N–H and O–H groups in total. The van der Waals surface area contributed by atoms with Crippen molar-refractivity contribution in [2.24, 2.45) is 0 Å². The molecule has 1 nitrogen and oxygen atoms in total. The lowest BCUT2D eigenvalue weighted by Gasteiger charge is -2.12. The lowest BCUT2D eigenvalue weighted by atomic mass is 9.93. The summed E-state index contributed by atoms with van der Waals surface area (Å²) in [6.45, 7) is 4.29. The van der Waals surface area contributed by atoms with Crippen molar-refractivity contribution in [3.05, 3.63) is 53.6 Å². The molecular formula is C18H21O. The summed E-state index contributed by atoms with van der Waals surface area (Å²) in [5.41, 5.74) is 4.11. The summed E-state index contributed by atoms with van der Waals surface area (Å²) in [4.78, 5) is 0. The fraction of sp³-hybridized carbons (Fsp3) is 0.333. The number of hydrogen-bond acceptors (Lipinski definition) is 0. The molecule has 0 heterocycles. The van der Waals surface area contributed by atoms with Crippen LogP contribution in [0, 0.1) is 0 Å². The summed E-state index contributed by atoms with van der Waals surface area (Å²) in [7, 11) is 0. The summed E-state index contributed by atoms with van der Waals surface area (Å²) >= 11 is 0. The van der Waals surface area contributed by atoms with Gasteiger partial charge < -0.3 is 0 Å². The molecule has 0 unspecified atom stereocenters. The van der Waals surface area contributed by atoms with Crippen LogP contribution in [-0.4, -0.2) is 0 Å². The van der Waals surface area contributed by atoms with Gasteiger partial charge in [-0.3, -0.25) is 5.11 Å². The Morgan fingerprint density at radius 2 is 1.53 bits per heavy atom. The van der Waals surface area contributed by atoms with Crippen LogP contribution >= 0.6 is 0 Å². The van der Waals surface area contributed by atoms with E-state index in [4.69, 9.17) is 0 Å². The average molecular weight is 253 g/mol. The largest absolute Gasteiger partial charge is 0.289 e. The van der Waals surface area contributed by atoms with E-state index in [2.05, 4.69) is 19.9 Å². The zero-order valence-corrected chi connectivity index (χ0v) is 11.8. The fourth-order valence-corrected chi connectivity index (χ4v) is 2.54. The highest BCUT2D eigenvalue weighted by molar-refractivity contribution is 5.72. The standard InChI is InChI=1S/C18H21O/c1-3-8-14-12-13-17(15-10-6-5-7-11-15)18(19)16(14)9-4-2/h5-7,10-13H,3-4,8-9H2,1-2H3. The van der Waals surface area contributed by atoms with Crippen LogP contribution in [0.4, 0.5) is 0 Å². The first-order valence-electron chi connectivity index (χ1n) is 7.15. The van der Waals surface area contributed by atoms with E-state index in [-0.39, 0.29) is 5.75 Å². The van der Waals surface area contributed by atoms with E-state index in [1.165, 1.54) is 5.56 Å². The van der Waals surface area contributed by atoms with E-state index in [9.17, 15) is 5.11 Å². The summed E-state index contributed by atoms with van der Waals surface area (Å²) in [5.74, 6) is 0.221. The van der Waals surface area contributed by atoms with Crippen LogP contribution in [0.1, 0.15) is 37.8 Å². The van der Waals surface area contributed by atoms with Crippen molar-refractivity contribution in [3.63, 3.8) is 0 Å². The molecule has 2 aromatic rings. The minimum Gasteiger partial charge on any atom is -0.289 e. The predicted octanol–water partition coefficient (Wildman–Crippen LogP) is 5.40. The molecule has 0 saturated carbocycles. The van der Waals surface area contributed by atoms with Gasteiger partial charge in [-0.25, -0.2) is 0 Å². The molecule has 2 rings (SSSR count). The van der Waals surface area contributed by atoms with Gasteiger partial charge in [-0.2, -0.15) is 0 Å². The lowest BCUT2D eigenvalue weighted by Crippen LogP contribution is -1.96. The Morgan fingerprint density at radius 3 is 2.16 bits per heavy atom. The van der Waals surface area contributed by atoms with Gasteiger partial charge in [0.2, 0.25) is 0 Å². The van der Waals surface area contributed by atoms with E-state index in [1.807, 2.05) is 36.4 Å². The second kappa shape index (κ2) is 6.42. The molecule has 0 aliphatic rings. The molecule has 19 heavy (non-hydrogen) atoms. The number of hydrogen-bond donors (Lipinski definition) is 0. The van der Waals surface area contributed by atoms with Crippen molar-refractivity contribution < 1.29 is 5.11 Å². The first-order chi connectivity index (χ1) is 9.27. The Hall–Kier alpha value is -1.76. The number of benzene rings is 2. The van der Waals surface area contributed by atoms with Crippen molar-refractivity contribution in [2.75, 3.05) is 0 Å². The molecule has 0 atom stereocenters. The van der Waals surface area contributed by atoms with Gasteiger partial charge in [-0.15, -0.1) is 0 Å². The third-order valence-corrected chi connectivity index (χ3v) is 3.46. The Kier molecular flexibility index (Phi) is 4.62. The van der Waals surface area contributed by atoms with E-state index >= 15 is 0 Å². The highest BCUT2D eigenvalue weighted by atomic mass is 16.3. The van der Waals surface area contributed by atoms with Crippen LogP contribution < -0.4 is 0 Å². The van der Waals surface area contributed by atoms with E-state index < -0.39 is 0 Å². The molecule has 0 amide bonds. The smallest absolute Gasteiger partial charge is 0.189 e. The van der Waals surface area contributed by atoms with Crippen molar-refractivity contribution >= 4 is 0 Å². The molecule has 0 aromatic heterocycles. The lowest BCUT2D eigenvalue weighted by molar-refractivity contribution is 0.351. The monoisotopic (exact) mass is 253 g/mol. The molecule has 1 heteroatoms. The van der Waals surface area contributed by atoms with Crippen molar-refractivity contribution in [2.45, 2.75) is 39.5 Å². The SMILES string of the molecule is CCCc1ccc(-c2ccccc2)c([O])c1CCC. The average Bonchev–Trinajstić information content (AvgIpc) is 2.44. The molecule has 99 valence electrons. The van der Waals surface area contributed by atoms with Crippen LogP contribution in [0.2, 0.25) is 0 Å². The van der Waals surface area contributed by atoms with Crippen LogP contribution in [0.3, 0.4) is 0 Å². The molecule has 2 aromatic carbocycles. The molecular weight excluding hydrogens is 232 g/mol. The fourth-order valence-electron chi connectivity index (χ4n) is 2.54. The highest BCUT2D eigenvalue weighted by Crippen LogP contribution is 2.35. The van der Waals surface area contributed by atoms with Gasteiger partial charge in [-0.05, 0) is 24.0 Å². The van der Waals surface area contributed by atoms with Crippen molar-refractivity contribution in [3.8, 4) is 16.9 Å². The topological polar surface area (TPSA) is 19.9 Å². The van der Waals surface area contributed by atoms with Gasteiger partial charge in [0.1, 0.15) is 0 Å². The van der Waals surface area contributed by atoms with Crippen LogP contribution in [0.15, 0.2) is 42.5 Å². The van der Waals surface area contributed by atoms with Crippen LogP contribution in [0.5, 0.6) is 5.75 Å². The maximum atomic E-state index is 12.7. The summed E-state index contributed by atoms with van der Waals surface area (Å²) in [6, 6.07) is 14.1. The minimum absolute atomic E-state index is 0.221. The Balaban J connectivity index is 2.50. The second-order valence-electron chi connectivity index (χ2n) is 4.95. The van der Waals surface area contributed by atoms with Gasteiger partial charge in [0, 0.05) is 11.1 Å². The highest BCUT2D eigenvalue weighted by Gasteiger charge is 2.14. The summed E-state index contributed by atoms with van der Waals surface area (Å²) in [6.07, 6.45) is 3.99. The van der Waals surface area contributed by atoms with Gasteiger partial charge in [0.25, 0.3) is 0 Å². The van der Waals surface area contributed by atoms with Crippen molar-refractivity contribution in [1.29, 1.82) is 0 Å². The van der Waals surface area contributed by atoms with E-state index in [0.29, 0.717) is 0 Å². The molecule has 0 saturated heterocycles. The van der Waals surface area contributed by atoms with E-state index in [1.54, 1.807) is 0 Å². The third kappa shape index (κ3) is 2.98. The quantitative estimate of drug-likeness (QED) is 0.679. The number of aryl methyl sites for hydroxylation is 1. The first-order valence-corrected chi connectivity index (χ1v) is 7.15. The minimum atomic E-state index is 0.221. The van der Waals surface area contributed by atoms with Gasteiger partial charge in [0.05, 0.1) is 0 Å². The van der Waals surface area contributed by atoms with Crippen molar-refractivity contribution in [1.82, 2.24) is 0 Å². The van der Waals surface area contributed by atoms with Crippen LogP contribution in [-0.2, 0) is 17.9 Å². The Labute approximate surface area is 115 Å². The molecule has 0 spiro atoms. The van der Waals surface area contributed by atoms with E-state index in [0.717, 1.165) is 42.4 Å².